The van der Waals surface area contributed by atoms with Crippen LogP contribution in [-0.4, -0.2) is 37.1 Å². The molecule has 0 bridgehead atoms. The molecular weight excluding hydrogens is 434 g/mol. The number of fused-ring (bicyclic) bond motifs is 1. The van der Waals surface area contributed by atoms with Crippen LogP contribution in [0.4, 0.5) is 18.0 Å². The summed E-state index contributed by atoms with van der Waals surface area (Å²) in [5.41, 5.74) is -5.51. The molecule has 0 atom stereocenters. The third-order valence-electron chi connectivity index (χ3n) is 3.49. The van der Waals surface area contributed by atoms with E-state index in [-0.39, 0.29) is 24.5 Å². The number of hydrogen-bond donors (Lipinski definition) is 0. The molecule has 6 nitrogen and oxygen atoms in total. The average Bonchev–Trinajstić information content (AvgIpc) is 2.48. The topological polar surface area (TPSA) is 72.9 Å². The highest BCUT2D eigenvalue weighted by Crippen LogP contribution is 2.42. The summed E-state index contributed by atoms with van der Waals surface area (Å²) >= 11 is 11.9. The van der Waals surface area contributed by atoms with E-state index in [1.54, 1.807) is 20.8 Å². The van der Waals surface area contributed by atoms with Crippen molar-refractivity contribution in [1.29, 1.82) is 0 Å². The van der Waals surface area contributed by atoms with Crippen molar-refractivity contribution in [1.82, 2.24) is 4.90 Å². The fraction of sp³-hybridized carbons (Fsp3) is 0.533. The summed E-state index contributed by atoms with van der Waals surface area (Å²) in [6.07, 6.45) is -0.409. The number of carbonyl (C=O) groups is 1. The molecule has 1 heterocycles. The predicted molar refractivity (Wildman–Crippen MR) is 92.4 cm³/mol. The smallest absolute Gasteiger partial charge is 0.444 e. The zero-order chi connectivity index (χ0) is 20.8. The normalized spacial score (nSPS) is 15.3. The first kappa shape index (κ1) is 21.9. The maximum Gasteiger partial charge on any atom is 0.534 e. The quantitative estimate of drug-likeness (QED) is 0.490. The summed E-state index contributed by atoms with van der Waals surface area (Å²) in [6.45, 7) is 5.36. The Kier molecular flexibility index (Phi) is 5.85. The van der Waals surface area contributed by atoms with Crippen molar-refractivity contribution in [3.8, 4) is 5.75 Å². The molecule has 0 saturated heterocycles. The number of nitrogens with zero attached hydrogens (tertiary/aromatic N) is 1. The third kappa shape index (κ3) is 4.91. The van der Waals surface area contributed by atoms with E-state index in [1.807, 2.05) is 0 Å². The van der Waals surface area contributed by atoms with Crippen LogP contribution in [0, 0.1) is 0 Å². The standard InChI is InChI=1S/C15H16Cl2F3NO5S/c1-14(2,3)25-13(22)21-5-4-9-8(7-21)6-10(16)12(11(9)17)26-27(23,24)15(18,19)20/h6H,4-5,7H2,1-3H3. The van der Waals surface area contributed by atoms with Crippen LogP contribution in [0.5, 0.6) is 5.75 Å². The van der Waals surface area contributed by atoms with E-state index in [1.165, 1.54) is 11.0 Å². The Morgan fingerprint density at radius 3 is 2.33 bits per heavy atom. The Balaban J connectivity index is 2.32. The van der Waals surface area contributed by atoms with E-state index < -0.39 is 38.1 Å². The van der Waals surface area contributed by atoms with E-state index in [2.05, 4.69) is 4.18 Å². The summed E-state index contributed by atoms with van der Waals surface area (Å²) in [5.74, 6) is -0.792. The van der Waals surface area contributed by atoms with Crippen molar-refractivity contribution >= 4 is 39.4 Å². The van der Waals surface area contributed by atoms with Gasteiger partial charge in [-0.25, -0.2) is 4.79 Å². The lowest BCUT2D eigenvalue weighted by molar-refractivity contribution is -0.0500. The minimum atomic E-state index is -5.92. The second-order valence-electron chi connectivity index (χ2n) is 6.77. The fourth-order valence-electron chi connectivity index (χ4n) is 2.35. The van der Waals surface area contributed by atoms with Gasteiger partial charge in [0, 0.05) is 13.1 Å². The van der Waals surface area contributed by atoms with Crippen LogP contribution in [0.25, 0.3) is 0 Å². The van der Waals surface area contributed by atoms with Crippen molar-refractivity contribution in [2.75, 3.05) is 6.54 Å². The van der Waals surface area contributed by atoms with Gasteiger partial charge in [-0.3, -0.25) is 0 Å². The lowest BCUT2D eigenvalue weighted by atomic mass is 9.99. The molecule has 1 amide bonds. The van der Waals surface area contributed by atoms with Crippen molar-refractivity contribution < 1.29 is 35.3 Å². The molecule has 0 spiro atoms. The maximum absolute atomic E-state index is 12.5. The van der Waals surface area contributed by atoms with Gasteiger partial charge in [-0.1, -0.05) is 23.2 Å². The fourth-order valence-corrected chi connectivity index (χ4v) is 3.59. The van der Waals surface area contributed by atoms with Crippen molar-refractivity contribution in [3.05, 3.63) is 27.2 Å². The van der Waals surface area contributed by atoms with Crippen LogP contribution < -0.4 is 4.18 Å². The first-order valence-corrected chi connectivity index (χ1v) is 9.77. The monoisotopic (exact) mass is 449 g/mol. The summed E-state index contributed by atoms with van der Waals surface area (Å²) in [6, 6.07) is 1.22. The highest BCUT2D eigenvalue weighted by molar-refractivity contribution is 7.88. The molecule has 0 aromatic heterocycles. The van der Waals surface area contributed by atoms with Crippen molar-refractivity contribution in [2.45, 2.75) is 44.8 Å². The van der Waals surface area contributed by atoms with Gasteiger partial charge < -0.3 is 13.8 Å². The molecule has 0 saturated carbocycles. The number of ether oxygens (including phenoxy) is 1. The highest BCUT2D eigenvalue weighted by Gasteiger charge is 2.49. The highest BCUT2D eigenvalue weighted by atomic mass is 35.5. The van der Waals surface area contributed by atoms with Gasteiger partial charge in [0.25, 0.3) is 0 Å². The Hall–Kier alpha value is -1.39. The van der Waals surface area contributed by atoms with Gasteiger partial charge in [0.2, 0.25) is 0 Å². The number of rotatable bonds is 2. The molecular formula is C15H16Cl2F3NO5S. The van der Waals surface area contributed by atoms with E-state index >= 15 is 0 Å². The van der Waals surface area contributed by atoms with Gasteiger partial charge in [-0.15, -0.1) is 0 Å². The molecule has 0 N–H and O–H groups in total. The molecule has 12 heteroatoms. The number of benzene rings is 1. The van der Waals surface area contributed by atoms with Gasteiger partial charge in [-0.05, 0) is 44.4 Å². The molecule has 1 aliphatic rings. The van der Waals surface area contributed by atoms with E-state index in [0.717, 1.165) is 0 Å². The molecule has 152 valence electrons. The maximum atomic E-state index is 12.5. The molecule has 1 aliphatic heterocycles. The molecule has 27 heavy (non-hydrogen) atoms. The number of halogens is 5. The van der Waals surface area contributed by atoms with Crippen molar-refractivity contribution in [2.24, 2.45) is 0 Å². The van der Waals surface area contributed by atoms with Gasteiger partial charge in [0.1, 0.15) is 5.60 Å². The summed E-state index contributed by atoms with van der Waals surface area (Å²) in [7, 11) is -5.92. The summed E-state index contributed by atoms with van der Waals surface area (Å²) in [5, 5.41) is -0.758. The number of amides is 1. The second kappa shape index (κ2) is 7.21. The van der Waals surface area contributed by atoms with Crippen molar-refractivity contribution in [3.63, 3.8) is 0 Å². The van der Waals surface area contributed by atoms with E-state index in [9.17, 15) is 26.4 Å². The lowest BCUT2D eigenvalue weighted by Gasteiger charge is -2.32. The first-order chi connectivity index (χ1) is 12.1. The van der Waals surface area contributed by atoms with E-state index in [4.69, 9.17) is 27.9 Å². The molecule has 0 fully saturated rings. The van der Waals surface area contributed by atoms with Gasteiger partial charge in [-0.2, -0.15) is 21.6 Å². The largest absolute Gasteiger partial charge is 0.534 e. The number of alkyl halides is 3. The number of hydrogen-bond acceptors (Lipinski definition) is 5. The predicted octanol–water partition coefficient (Wildman–Crippen LogP) is 4.52. The SMILES string of the molecule is CC(C)(C)OC(=O)N1CCc2c(cc(Cl)c(OS(=O)(=O)C(F)(F)F)c2Cl)C1. The van der Waals surface area contributed by atoms with Crippen LogP contribution in [0.3, 0.4) is 0 Å². The van der Waals surface area contributed by atoms with Gasteiger partial charge in [0.05, 0.1) is 10.0 Å². The Morgan fingerprint density at radius 2 is 1.81 bits per heavy atom. The van der Waals surface area contributed by atoms with E-state index in [0.29, 0.717) is 11.1 Å². The van der Waals surface area contributed by atoms with Gasteiger partial charge >= 0.3 is 21.7 Å². The summed E-state index contributed by atoms with van der Waals surface area (Å²) < 4.78 is 69.5. The number of carbonyl (C=O) groups excluding carboxylic acids is 1. The van der Waals surface area contributed by atoms with Crippen LogP contribution in [0.15, 0.2) is 6.07 Å². The third-order valence-corrected chi connectivity index (χ3v) is 5.12. The molecule has 2 rings (SSSR count). The first-order valence-electron chi connectivity index (χ1n) is 7.61. The van der Waals surface area contributed by atoms with Crippen LogP contribution in [-0.2, 0) is 27.8 Å². The molecule has 0 radical (unpaired) electrons. The lowest BCUT2D eigenvalue weighted by Crippen LogP contribution is -2.40. The van der Waals surface area contributed by atoms with Crippen LogP contribution in [0.2, 0.25) is 10.0 Å². The Bertz CT molecular complexity index is 866. The molecule has 0 unspecified atom stereocenters. The Morgan fingerprint density at radius 1 is 1.22 bits per heavy atom. The molecule has 0 aliphatic carbocycles. The zero-order valence-corrected chi connectivity index (χ0v) is 16.8. The minimum absolute atomic E-state index is 0.0516. The average molecular weight is 450 g/mol. The molecule has 1 aromatic rings. The molecule has 1 aromatic carbocycles. The van der Waals surface area contributed by atoms with Crippen LogP contribution >= 0.6 is 23.2 Å². The van der Waals surface area contributed by atoms with Crippen LogP contribution in [0.1, 0.15) is 31.9 Å². The zero-order valence-electron chi connectivity index (χ0n) is 14.5. The minimum Gasteiger partial charge on any atom is -0.444 e. The summed E-state index contributed by atoms with van der Waals surface area (Å²) in [4.78, 5) is 13.5. The van der Waals surface area contributed by atoms with Gasteiger partial charge in [0.15, 0.2) is 5.75 Å². The second-order valence-corrected chi connectivity index (χ2v) is 9.10. The Labute approximate surface area is 164 Å².